The Kier molecular flexibility index (Phi) is 9.99. The first-order chi connectivity index (χ1) is 12.7. The Hall–Kier alpha value is -1.96. The first kappa shape index (κ1) is 23.1. The average molecular weight is 383 g/mol. The van der Waals surface area contributed by atoms with Gasteiger partial charge in [-0.05, 0) is 11.8 Å². The van der Waals surface area contributed by atoms with Crippen molar-refractivity contribution in [3.8, 4) is 0 Å². The first-order valence-electron chi connectivity index (χ1n) is 9.67. The Morgan fingerprint density at radius 1 is 1.07 bits per heavy atom. The Balaban J connectivity index is 2.10. The van der Waals surface area contributed by atoms with Crippen molar-refractivity contribution in [2.45, 2.75) is 47.0 Å². The lowest BCUT2D eigenvalue weighted by atomic mass is 9.94. The second-order valence-electron chi connectivity index (χ2n) is 7.60. The van der Waals surface area contributed by atoms with E-state index >= 15 is 0 Å². The standard InChI is InChI=1S/C19H33N3O5/c1-13(2)12-21-17(24)6-9-27-10-7-20-16(23)5-8-22-18(25)11-15(14(3)4)19(22)26/h13-15H,5-12H2,1-4H3,(H,20,23)(H,21,24). The number of amides is 4. The van der Waals surface area contributed by atoms with Gasteiger partial charge in [0.15, 0.2) is 0 Å². The molecule has 1 aliphatic heterocycles. The molecule has 1 aliphatic rings. The molecular weight excluding hydrogens is 350 g/mol. The number of hydrogen-bond donors (Lipinski definition) is 2. The summed E-state index contributed by atoms with van der Waals surface area (Å²) >= 11 is 0. The van der Waals surface area contributed by atoms with Gasteiger partial charge in [0, 0.05) is 44.8 Å². The van der Waals surface area contributed by atoms with E-state index in [1.54, 1.807) is 0 Å². The molecule has 0 aliphatic carbocycles. The number of likely N-dealkylation sites (tertiary alicyclic amines) is 1. The summed E-state index contributed by atoms with van der Waals surface area (Å²) in [6, 6.07) is 0. The van der Waals surface area contributed by atoms with Crippen LogP contribution in [0.5, 0.6) is 0 Å². The molecule has 1 rings (SSSR count). The molecule has 0 aromatic rings. The van der Waals surface area contributed by atoms with E-state index in [4.69, 9.17) is 4.74 Å². The second kappa shape index (κ2) is 11.7. The highest BCUT2D eigenvalue weighted by Gasteiger charge is 2.39. The number of imide groups is 1. The number of nitrogens with one attached hydrogen (secondary N) is 2. The summed E-state index contributed by atoms with van der Waals surface area (Å²) in [6.45, 7) is 9.57. The summed E-state index contributed by atoms with van der Waals surface area (Å²) in [4.78, 5) is 48.6. The summed E-state index contributed by atoms with van der Waals surface area (Å²) in [5.41, 5.74) is 0. The van der Waals surface area contributed by atoms with E-state index in [-0.39, 0.29) is 61.3 Å². The van der Waals surface area contributed by atoms with Crippen LogP contribution in [0.25, 0.3) is 0 Å². The zero-order valence-electron chi connectivity index (χ0n) is 16.9. The fourth-order valence-corrected chi connectivity index (χ4v) is 2.70. The van der Waals surface area contributed by atoms with Crippen molar-refractivity contribution in [3.05, 3.63) is 0 Å². The van der Waals surface area contributed by atoms with Crippen molar-refractivity contribution in [2.24, 2.45) is 17.8 Å². The summed E-state index contributed by atoms with van der Waals surface area (Å²) < 4.78 is 5.32. The third-order valence-corrected chi connectivity index (χ3v) is 4.40. The maximum absolute atomic E-state index is 12.2. The van der Waals surface area contributed by atoms with Crippen LogP contribution in [0.4, 0.5) is 0 Å². The fourth-order valence-electron chi connectivity index (χ4n) is 2.70. The summed E-state index contributed by atoms with van der Waals surface area (Å²) in [6.07, 6.45) is 0.605. The highest BCUT2D eigenvalue weighted by atomic mass is 16.5. The molecule has 0 aromatic heterocycles. The topological polar surface area (TPSA) is 105 Å². The van der Waals surface area contributed by atoms with Gasteiger partial charge in [0.05, 0.1) is 13.2 Å². The molecule has 27 heavy (non-hydrogen) atoms. The average Bonchev–Trinajstić information content (AvgIpc) is 2.88. The molecule has 2 N–H and O–H groups in total. The van der Waals surface area contributed by atoms with Gasteiger partial charge < -0.3 is 15.4 Å². The number of nitrogens with zero attached hydrogens (tertiary/aromatic N) is 1. The molecule has 4 amide bonds. The maximum Gasteiger partial charge on any atom is 0.233 e. The minimum atomic E-state index is -0.272. The van der Waals surface area contributed by atoms with E-state index < -0.39 is 0 Å². The van der Waals surface area contributed by atoms with E-state index in [0.29, 0.717) is 32.2 Å². The van der Waals surface area contributed by atoms with Gasteiger partial charge in [-0.15, -0.1) is 0 Å². The number of rotatable bonds is 12. The van der Waals surface area contributed by atoms with Gasteiger partial charge in [-0.1, -0.05) is 27.7 Å². The lowest BCUT2D eigenvalue weighted by molar-refractivity contribution is -0.140. The van der Waals surface area contributed by atoms with Crippen molar-refractivity contribution in [2.75, 3.05) is 32.8 Å². The molecular formula is C19H33N3O5. The third kappa shape index (κ3) is 8.51. The molecule has 0 spiro atoms. The van der Waals surface area contributed by atoms with Crippen LogP contribution >= 0.6 is 0 Å². The summed E-state index contributed by atoms with van der Waals surface area (Å²) in [5.74, 6) is -0.411. The van der Waals surface area contributed by atoms with Gasteiger partial charge in [0.2, 0.25) is 23.6 Å². The molecule has 8 heteroatoms. The zero-order chi connectivity index (χ0) is 20.4. The largest absolute Gasteiger partial charge is 0.379 e. The molecule has 0 aromatic carbocycles. The van der Waals surface area contributed by atoms with Gasteiger partial charge in [-0.3, -0.25) is 24.1 Å². The number of carbonyl (C=O) groups excluding carboxylic acids is 4. The van der Waals surface area contributed by atoms with Crippen LogP contribution in [0.2, 0.25) is 0 Å². The Morgan fingerprint density at radius 2 is 1.74 bits per heavy atom. The quantitative estimate of drug-likeness (QED) is 0.381. The van der Waals surface area contributed by atoms with Crippen LogP contribution in [0.3, 0.4) is 0 Å². The fraction of sp³-hybridized carbons (Fsp3) is 0.789. The minimum Gasteiger partial charge on any atom is -0.379 e. The first-order valence-corrected chi connectivity index (χ1v) is 9.67. The van der Waals surface area contributed by atoms with Gasteiger partial charge in [0.1, 0.15) is 0 Å². The molecule has 1 fully saturated rings. The van der Waals surface area contributed by atoms with Crippen LogP contribution in [0.15, 0.2) is 0 Å². The van der Waals surface area contributed by atoms with E-state index in [1.165, 1.54) is 4.90 Å². The predicted molar refractivity (Wildman–Crippen MR) is 101 cm³/mol. The van der Waals surface area contributed by atoms with Crippen LogP contribution in [0.1, 0.15) is 47.0 Å². The van der Waals surface area contributed by atoms with Gasteiger partial charge in [0.25, 0.3) is 0 Å². The van der Waals surface area contributed by atoms with Crippen LogP contribution in [-0.2, 0) is 23.9 Å². The maximum atomic E-state index is 12.2. The molecule has 0 bridgehead atoms. The Labute approximate surface area is 161 Å². The van der Waals surface area contributed by atoms with Crippen molar-refractivity contribution < 1.29 is 23.9 Å². The molecule has 1 unspecified atom stereocenters. The lowest BCUT2D eigenvalue weighted by Gasteiger charge is -2.16. The molecule has 1 atom stereocenters. The molecule has 154 valence electrons. The monoisotopic (exact) mass is 383 g/mol. The summed E-state index contributed by atoms with van der Waals surface area (Å²) in [7, 11) is 0. The molecule has 1 saturated heterocycles. The van der Waals surface area contributed by atoms with E-state index in [9.17, 15) is 19.2 Å². The number of ether oxygens (including phenoxy) is 1. The van der Waals surface area contributed by atoms with Crippen molar-refractivity contribution >= 4 is 23.6 Å². The normalized spacial score (nSPS) is 17.1. The highest BCUT2D eigenvalue weighted by molar-refractivity contribution is 6.03. The highest BCUT2D eigenvalue weighted by Crippen LogP contribution is 2.26. The van der Waals surface area contributed by atoms with Gasteiger partial charge >= 0.3 is 0 Å². The minimum absolute atomic E-state index is 0.0487. The van der Waals surface area contributed by atoms with Crippen molar-refractivity contribution in [1.82, 2.24) is 15.5 Å². The van der Waals surface area contributed by atoms with Crippen LogP contribution < -0.4 is 10.6 Å². The predicted octanol–water partition coefficient (Wildman–Crippen LogP) is 0.703. The van der Waals surface area contributed by atoms with Crippen molar-refractivity contribution in [3.63, 3.8) is 0 Å². The van der Waals surface area contributed by atoms with E-state index in [2.05, 4.69) is 10.6 Å². The molecule has 0 saturated carbocycles. The van der Waals surface area contributed by atoms with Gasteiger partial charge in [-0.2, -0.15) is 0 Å². The zero-order valence-corrected chi connectivity index (χ0v) is 16.9. The Bertz CT molecular complexity index is 533. The van der Waals surface area contributed by atoms with Crippen molar-refractivity contribution in [1.29, 1.82) is 0 Å². The van der Waals surface area contributed by atoms with Gasteiger partial charge in [-0.25, -0.2) is 0 Å². The number of carbonyl (C=O) groups is 4. The molecule has 8 nitrogen and oxygen atoms in total. The second-order valence-corrected chi connectivity index (χ2v) is 7.60. The van der Waals surface area contributed by atoms with Crippen LogP contribution in [0, 0.1) is 17.8 Å². The lowest BCUT2D eigenvalue weighted by Crippen LogP contribution is -2.36. The number of hydrogen-bond acceptors (Lipinski definition) is 5. The third-order valence-electron chi connectivity index (χ3n) is 4.40. The molecule has 1 heterocycles. The SMILES string of the molecule is CC(C)CNC(=O)CCOCCNC(=O)CCN1C(=O)CC(C(C)C)C1=O. The van der Waals surface area contributed by atoms with Crippen LogP contribution in [-0.4, -0.2) is 61.4 Å². The smallest absolute Gasteiger partial charge is 0.233 e. The molecule has 0 radical (unpaired) electrons. The van der Waals surface area contributed by atoms with E-state index in [0.717, 1.165) is 0 Å². The summed E-state index contributed by atoms with van der Waals surface area (Å²) in [5, 5.41) is 5.49. The van der Waals surface area contributed by atoms with E-state index in [1.807, 2.05) is 27.7 Å². The Morgan fingerprint density at radius 3 is 2.33 bits per heavy atom.